The van der Waals surface area contributed by atoms with Gasteiger partial charge in [0, 0.05) is 12.0 Å². The van der Waals surface area contributed by atoms with Crippen molar-refractivity contribution in [3.05, 3.63) is 16.9 Å². The molecule has 0 radical (unpaired) electrons. The molecule has 2 atom stereocenters. The molecule has 4 heteroatoms. The lowest BCUT2D eigenvalue weighted by molar-refractivity contribution is 0.410. The minimum absolute atomic E-state index is 0.353. The Hall–Kier alpha value is -0.540. The van der Waals surface area contributed by atoms with Gasteiger partial charge in [0.1, 0.15) is 0 Å². The van der Waals surface area contributed by atoms with Gasteiger partial charge in [-0.15, -0.1) is 0 Å². The van der Waals surface area contributed by atoms with Crippen molar-refractivity contribution in [1.82, 2.24) is 15.1 Å². The Morgan fingerprint density at radius 2 is 2.00 bits per heavy atom. The molecule has 1 N–H and O–H groups in total. The lowest BCUT2D eigenvalue weighted by atomic mass is 9.92. The number of aromatic nitrogens is 2. The smallest absolute Gasteiger partial charge is 0.0820 e. The van der Waals surface area contributed by atoms with Crippen LogP contribution in [-0.2, 0) is 0 Å². The molecule has 0 fully saturated rings. The molecule has 0 saturated heterocycles. The fraction of sp³-hybridized carbons (Fsp3) is 0.769. The highest BCUT2D eigenvalue weighted by atomic mass is 35.5. The lowest BCUT2D eigenvalue weighted by Crippen LogP contribution is -2.25. The predicted octanol–water partition coefficient (Wildman–Crippen LogP) is 3.47. The van der Waals surface area contributed by atoms with Crippen LogP contribution in [0.2, 0.25) is 5.02 Å². The van der Waals surface area contributed by atoms with Crippen molar-refractivity contribution >= 4 is 11.6 Å². The molecule has 0 aliphatic carbocycles. The van der Waals surface area contributed by atoms with Crippen molar-refractivity contribution in [3.8, 4) is 0 Å². The average molecular weight is 258 g/mol. The quantitative estimate of drug-likeness (QED) is 0.846. The van der Waals surface area contributed by atoms with Crippen LogP contribution in [0.1, 0.15) is 52.3 Å². The van der Waals surface area contributed by atoms with Gasteiger partial charge < -0.3 is 5.32 Å². The molecule has 1 rings (SSSR count). The third kappa shape index (κ3) is 3.46. The van der Waals surface area contributed by atoms with Gasteiger partial charge in [-0.3, -0.25) is 4.68 Å². The third-order valence-corrected chi connectivity index (χ3v) is 3.57. The molecule has 17 heavy (non-hydrogen) atoms. The van der Waals surface area contributed by atoms with Crippen LogP contribution in [0.25, 0.3) is 0 Å². The summed E-state index contributed by atoms with van der Waals surface area (Å²) in [5, 5.41) is 8.54. The zero-order valence-corrected chi connectivity index (χ0v) is 12.3. The van der Waals surface area contributed by atoms with E-state index in [1.54, 1.807) is 6.20 Å². The van der Waals surface area contributed by atoms with Crippen LogP contribution >= 0.6 is 11.6 Å². The molecule has 98 valence electrons. The van der Waals surface area contributed by atoms with Crippen molar-refractivity contribution in [2.45, 2.75) is 46.6 Å². The number of halogens is 1. The standard InChI is InChI=1S/C13H24ClN3/c1-6-15-7-10(4)11(5)13-12(14)8-16-17(13)9(2)3/h8-11,15H,6-7H2,1-5H3. The van der Waals surface area contributed by atoms with Crippen LogP contribution in [0, 0.1) is 5.92 Å². The van der Waals surface area contributed by atoms with E-state index in [-0.39, 0.29) is 0 Å². The second kappa shape index (κ2) is 6.41. The van der Waals surface area contributed by atoms with Crippen molar-refractivity contribution in [3.63, 3.8) is 0 Å². The summed E-state index contributed by atoms with van der Waals surface area (Å²) < 4.78 is 2.04. The van der Waals surface area contributed by atoms with Crippen LogP contribution in [0.3, 0.4) is 0 Å². The zero-order chi connectivity index (χ0) is 13.0. The maximum atomic E-state index is 6.26. The summed E-state index contributed by atoms with van der Waals surface area (Å²) in [6, 6.07) is 0.353. The SMILES string of the molecule is CCNCC(C)C(C)c1c(Cl)cnn1C(C)C. The van der Waals surface area contributed by atoms with Gasteiger partial charge in [0.2, 0.25) is 0 Å². The van der Waals surface area contributed by atoms with E-state index < -0.39 is 0 Å². The molecular formula is C13H24ClN3. The van der Waals surface area contributed by atoms with E-state index >= 15 is 0 Å². The molecule has 1 heterocycles. The molecule has 1 aromatic heterocycles. The minimum atomic E-state index is 0.353. The Kier molecular flexibility index (Phi) is 5.47. The van der Waals surface area contributed by atoms with Gasteiger partial charge >= 0.3 is 0 Å². The minimum Gasteiger partial charge on any atom is -0.317 e. The Morgan fingerprint density at radius 3 is 2.53 bits per heavy atom. The summed E-state index contributed by atoms with van der Waals surface area (Å²) in [7, 11) is 0. The molecular weight excluding hydrogens is 234 g/mol. The van der Waals surface area contributed by atoms with Crippen LogP contribution < -0.4 is 5.32 Å². The second-order valence-corrected chi connectivity index (χ2v) is 5.40. The largest absolute Gasteiger partial charge is 0.317 e. The molecule has 0 bridgehead atoms. The highest BCUT2D eigenvalue weighted by Gasteiger charge is 2.22. The Bertz CT molecular complexity index is 346. The van der Waals surface area contributed by atoms with Gasteiger partial charge in [-0.25, -0.2) is 0 Å². The van der Waals surface area contributed by atoms with Gasteiger partial charge in [0.25, 0.3) is 0 Å². The number of nitrogens with one attached hydrogen (secondary N) is 1. The molecule has 0 aliphatic heterocycles. The van der Waals surface area contributed by atoms with Gasteiger partial charge in [0.05, 0.1) is 16.9 Å². The second-order valence-electron chi connectivity index (χ2n) is 4.99. The molecule has 0 spiro atoms. The number of hydrogen-bond donors (Lipinski definition) is 1. The number of hydrogen-bond acceptors (Lipinski definition) is 2. The van der Waals surface area contributed by atoms with Crippen LogP contribution in [0.4, 0.5) is 0 Å². The van der Waals surface area contributed by atoms with E-state index in [0.29, 0.717) is 17.9 Å². The van der Waals surface area contributed by atoms with Crippen molar-refractivity contribution in [2.75, 3.05) is 13.1 Å². The number of rotatable bonds is 6. The Morgan fingerprint density at radius 1 is 1.35 bits per heavy atom. The summed E-state index contributed by atoms with van der Waals surface area (Å²) in [6.45, 7) is 12.9. The fourth-order valence-electron chi connectivity index (χ4n) is 2.01. The summed E-state index contributed by atoms with van der Waals surface area (Å²) in [5.74, 6) is 0.952. The molecule has 0 saturated carbocycles. The Labute approximate surface area is 110 Å². The van der Waals surface area contributed by atoms with E-state index in [4.69, 9.17) is 11.6 Å². The maximum Gasteiger partial charge on any atom is 0.0820 e. The van der Waals surface area contributed by atoms with Gasteiger partial charge in [-0.05, 0) is 32.9 Å². The first-order valence-electron chi connectivity index (χ1n) is 6.42. The third-order valence-electron chi connectivity index (χ3n) is 3.28. The first kappa shape index (κ1) is 14.5. The van der Waals surface area contributed by atoms with E-state index in [1.807, 2.05) is 4.68 Å². The van der Waals surface area contributed by atoms with Crippen molar-refractivity contribution in [1.29, 1.82) is 0 Å². The van der Waals surface area contributed by atoms with Gasteiger partial charge in [-0.2, -0.15) is 5.10 Å². The normalized spacial score (nSPS) is 15.2. The van der Waals surface area contributed by atoms with Crippen molar-refractivity contribution in [2.24, 2.45) is 5.92 Å². The summed E-state index contributed by atoms with van der Waals surface area (Å²) in [6.07, 6.45) is 1.76. The molecule has 0 aliphatic rings. The van der Waals surface area contributed by atoms with Crippen LogP contribution in [0.15, 0.2) is 6.20 Å². The zero-order valence-electron chi connectivity index (χ0n) is 11.5. The van der Waals surface area contributed by atoms with E-state index in [0.717, 1.165) is 23.8 Å². The van der Waals surface area contributed by atoms with Crippen LogP contribution in [0.5, 0.6) is 0 Å². The molecule has 0 aromatic carbocycles. The van der Waals surface area contributed by atoms with Crippen LogP contribution in [-0.4, -0.2) is 22.9 Å². The summed E-state index contributed by atoms with van der Waals surface area (Å²) >= 11 is 6.26. The maximum absolute atomic E-state index is 6.26. The predicted molar refractivity (Wildman–Crippen MR) is 73.7 cm³/mol. The first-order valence-corrected chi connectivity index (χ1v) is 6.80. The van der Waals surface area contributed by atoms with E-state index in [1.165, 1.54) is 0 Å². The van der Waals surface area contributed by atoms with E-state index in [9.17, 15) is 0 Å². The highest BCUT2D eigenvalue weighted by Crippen LogP contribution is 2.31. The van der Waals surface area contributed by atoms with Gasteiger partial charge in [-0.1, -0.05) is 32.4 Å². The molecule has 3 nitrogen and oxygen atoms in total. The number of nitrogens with zero attached hydrogens (tertiary/aromatic N) is 2. The molecule has 1 aromatic rings. The van der Waals surface area contributed by atoms with Crippen molar-refractivity contribution < 1.29 is 0 Å². The van der Waals surface area contributed by atoms with E-state index in [2.05, 4.69) is 45.0 Å². The fourth-order valence-corrected chi connectivity index (χ4v) is 2.31. The molecule has 0 amide bonds. The average Bonchev–Trinajstić information content (AvgIpc) is 2.67. The first-order chi connectivity index (χ1) is 7.99. The lowest BCUT2D eigenvalue weighted by Gasteiger charge is -2.23. The summed E-state index contributed by atoms with van der Waals surface area (Å²) in [4.78, 5) is 0. The highest BCUT2D eigenvalue weighted by molar-refractivity contribution is 6.31. The monoisotopic (exact) mass is 257 g/mol. The Balaban J connectivity index is 2.86. The molecule has 2 unspecified atom stereocenters. The van der Waals surface area contributed by atoms with Gasteiger partial charge in [0.15, 0.2) is 0 Å². The summed E-state index contributed by atoms with van der Waals surface area (Å²) in [5.41, 5.74) is 1.16. The topological polar surface area (TPSA) is 29.9 Å².